The fourth-order valence-electron chi connectivity index (χ4n) is 2.15. The minimum atomic E-state index is 0.334. The van der Waals surface area contributed by atoms with Crippen molar-refractivity contribution < 1.29 is 0 Å². The van der Waals surface area contributed by atoms with Gasteiger partial charge in [-0.25, -0.2) is 0 Å². The lowest BCUT2D eigenvalue weighted by atomic mass is 10.1. The summed E-state index contributed by atoms with van der Waals surface area (Å²) < 4.78 is 0. The van der Waals surface area contributed by atoms with Gasteiger partial charge in [-0.1, -0.05) is 54.0 Å². The molecule has 0 aromatic heterocycles. The summed E-state index contributed by atoms with van der Waals surface area (Å²) in [6, 6.07) is 15.2. The van der Waals surface area contributed by atoms with Crippen molar-refractivity contribution in [2.75, 3.05) is 6.54 Å². The van der Waals surface area contributed by atoms with Gasteiger partial charge < -0.3 is 5.32 Å². The van der Waals surface area contributed by atoms with Gasteiger partial charge in [-0.3, -0.25) is 0 Å². The number of nitrogens with one attached hydrogen (secondary N) is 1. The van der Waals surface area contributed by atoms with Crippen molar-refractivity contribution in [2.24, 2.45) is 0 Å². The van der Waals surface area contributed by atoms with Crippen molar-refractivity contribution in [3.63, 3.8) is 0 Å². The Labute approximate surface area is 137 Å². The van der Waals surface area contributed by atoms with E-state index in [2.05, 4.69) is 68.6 Å². The highest BCUT2D eigenvalue weighted by atomic mass is 35.5. The van der Waals surface area contributed by atoms with E-state index >= 15 is 0 Å². The van der Waals surface area contributed by atoms with Gasteiger partial charge in [-0.15, -0.1) is 0 Å². The standard InChI is InChI=1S/C18H22ClNS/c1-4-10-20-14(3)15-8-9-18(17(19)12-15)21-16-7-5-6-13(2)11-16/h5-9,11-12,14,20H,4,10H2,1-3H3. The molecule has 0 aliphatic rings. The van der Waals surface area contributed by atoms with E-state index in [1.807, 2.05) is 0 Å². The lowest BCUT2D eigenvalue weighted by Gasteiger charge is -2.15. The van der Waals surface area contributed by atoms with Crippen LogP contribution in [-0.4, -0.2) is 6.54 Å². The monoisotopic (exact) mass is 319 g/mol. The number of hydrogen-bond donors (Lipinski definition) is 1. The molecule has 0 bridgehead atoms. The van der Waals surface area contributed by atoms with Crippen molar-refractivity contribution in [3.8, 4) is 0 Å². The van der Waals surface area contributed by atoms with Gasteiger partial charge in [0.25, 0.3) is 0 Å². The second-order valence-corrected chi connectivity index (χ2v) is 6.81. The highest BCUT2D eigenvalue weighted by molar-refractivity contribution is 7.99. The fraction of sp³-hybridized carbons (Fsp3) is 0.333. The molecule has 0 spiro atoms. The smallest absolute Gasteiger partial charge is 0.0548 e. The molecule has 2 aromatic rings. The summed E-state index contributed by atoms with van der Waals surface area (Å²) in [4.78, 5) is 2.33. The molecular weight excluding hydrogens is 298 g/mol. The zero-order chi connectivity index (χ0) is 15.2. The molecule has 0 saturated heterocycles. The average molecular weight is 320 g/mol. The fourth-order valence-corrected chi connectivity index (χ4v) is 3.40. The number of aryl methyl sites for hydroxylation is 1. The molecule has 1 N–H and O–H groups in total. The molecule has 0 aliphatic carbocycles. The summed E-state index contributed by atoms with van der Waals surface area (Å²) in [6.45, 7) is 7.48. The zero-order valence-corrected chi connectivity index (χ0v) is 14.4. The Morgan fingerprint density at radius 2 is 2.00 bits per heavy atom. The largest absolute Gasteiger partial charge is 0.310 e. The van der Waals surface area contributed by atoms with E-state index in [4.69, 9.17) is 11.6 Å². The Bertz CT molecular complexity index is 598. The van der Waals surface area contributed by atoms with E-state index in [1.165, 1.54) is 16.0 Å². The Morgan fingerprint density at radius 3 is 2.67 bits per heavy atom. The van der Waals surface area contributed by atoms with Crippen molar-refractivity contribution in [2.45, 2.75) is 43.0 Å². The maximum absolute atomic E-state index is 6.45. The van der Waals surface area contributed by atoms with Crippen molar-refractivity contribution in [1.29, 1.82) is 0 Å². The highest BCUT2D eigenvalue weighted by Gasteiger charge is 2.08. The first kappa shape index (κ1) is 16.4. The third-order valence-corrected chi connectivity index (χ3v) is 4.86. The van der Waals surface area contributed by atoms with Crippen LogP contribution in [0.5, 0.6) is 0 Å². The summed E-state index contributed by atoms with van der Waals surface area (Å²) in [6.07, 6.45) is 1.14. The third kappa shape index (κ3) is 4.77. The number of hydrogen-bond acceptors (Lipinski definition) is 2. The molecule has 1 unspecified atom stereocenters. The molecule has 2 aromatic carbocycles. The lowest BCUT2D eigenvalue weighted by molar-refractivity contribution is 0.570. The zero-order valence-electron chi connectivity index (χ0n) is 12.8. The molecule has 0 heterocycles. The number of rotatable bonds is 6. The summed E-state index contributed by atoms with van der Waals surface area (Å²) >= 11 is 8.16. The van der Waals surface area contributed by atoms with Crippen LogP contribution in [0.4, 0.5) is 0 Å². The van der Waals surface area contributed by atoms with Gasteiger partial charge in [-0.2, -0.15) is 0 Å². The van der Waals surface area contributed by atoms with Crippen LogP contribution in [0.3, 0.4) is 0 Å². The molecule has 2 rings (SSSR count). The second-order valence-electron chi connectivity index (χ2n) is 5.28. The van der Waals surface area contributed by atoms with Crippen LogP contribution >= 0.6 is 23.4 Å². The van der Waals surface area contributed by atoms with E-state index in [1.54, 1.807) is 11.8 Å². The van der Waals surface area contributed by atoms with Gasteiger partial charge in [0.1, 0.15) is 0 Å². The minimum absolute atomic E-state index is 0.334. The maximum atomic E-state index is 6.45. The first-order chi connectivity index (χ1) is 10.1. The summed E-state index contributed by atoms with van der Waals surface area (Å²) in [7, 11) is 0. The predicted molar refractivity (Wildman–Crippen MR) is 93.5 cm³/mol. The molecule has 0 saturated carbocycles. The Balaban J connectivity index is 2.12. The van der Waals surface area contributed by atoms with Gasteiger partial charge in [-0.05, 0) is 56.6 Å². The number of benzene rings is 2. The summed E-state index contributed by atoms with van der Waals surface area (Å²) in [5, 5.41) is 4.31. The van der Waals surface area contributed by atoms with Crippen LogP contribution in [0.1, 0.15) is 37.4 Å². The third-order valence-electron chi connectivity index (χ3n) is 3.37. The summed E-state index contributed by atoms with van der Waals surface area (Å²) in [5.74, 6) is 0. The number of halogens is 1. The SMILES string of the molecule is CCCNC(C)c1ccc(Sc2cccc(C)c2)c(Cl)c1. The molecule has 21 heavy (non-hydrogen) atoms. The van der Waals surface area contributed by atoms with Crippen LogP contribution in [-0.2, 0) is 0 Å². The molecule has 0 radical (unpaired) electrons. The van der Waals surface area contributed by atoms with E-state index in [-0.39, 0.29) is 0 Å². The molecule has 0 amide bonds. The van der Waals surface area contributed by atoms with Gasteiger partial charge in [0.05, 0.1) is 5.02 Å². The first-order valence-electron chi connectivity index (χ1n) is 7.37. The minimum Gasteiger partial charge on any atom is -0.310 e. The quantitative estimate of drug-likeness (QED) is 0.715. The van der Waals surface area contributed by atoms with E-state index in [0.717, 1.165) is 22.9 Å². The molecule has 0 aliphatic heterocycles. The van der Waals surface area contributed by atoms with Crippen LogP contribution in [0.25, 0.3) is 0 Å². The topological polar surface area (TPSA) is 12.0 Å². The first-order valence-corrected chi connectivity index (χ1v) is 8.57. The molecular formula is C18H22ClNS. The molecule has 0 fully saturated rings. The highest BCUT2D eigenvalue weighted by Crippen LogP contribution is 2.35. The van der Waals surface area contributed by atoms with Crippen LogP contribution in [0.15, 0.2) is 52.3 Å². The molecule has 1 nitrogen and oxygen atoms in total. The molecule has 1 atom stereocenters. The normalized spacial score (nSPS) is 12.4. The Hall–Kier alpha value is -0.960. The maximum Gasteiger partial charge on any atom is 0.0548 e. The predicted octanol–water partition coefficient (Wildman–Crippen LogP) is 5.86. The van der Waals surface area contributed by atoms with Gasteiger partial charge in [0, 0.05) is 15.8 Å². The van der Waals surface area contributed by atoms with E-state index in [9.17, 15) is 0 Å². The lowest BCUT2D eigenvalue weighted by Crippen LogP contribution is -2.19. The van der Waals surface area contributed by atoms with Gasteiger partial charge in [0.2, 0.25) is 0 Å². The van der Waals surface area contributed by atoms with E-state index < -0.39 is 0 Å². The summed E-state index contributed by atoms with van der Waals surface area (Å²) in [5.41, 5.74) is 2.51. The second kappa shape index (κ2) is 7.88. The van der Waals surface area contributed by atoms with Crippen molar-refractivity contribution in [1.82, 2.24) is 5.32 Å². The van der Waals surface area contributed by atoms with Crippen LogP contribution in [0, 0.1) is 6.92 Å². The van der Waals surface area contributed by atoms with Gasteiger partial charge in [0.15, 0.2) is 0 Å². The van der Waals surface area contributed by atoms with Crippen molar-refractivity contribution >= 4 is 23.4 Å². The Morgan fingerprint density at radius 1 is 1.19 bits per heavy atom. The van der Waals surface area contributed by atoms with Crippen molar-refractivity contribution in [3.05, 3.63) is 58.6 Å². The molecule has 3 heteroatoms. The van der Waals surface area contributed by atoms with Gasteiger partial charge >= 0.3 is 0 Å². The molecule has 112 valence electrons. The van der Waals surface area contributed by atoms with Crippen LogP contribution < -0.4 is 5.32 Å². The average Bonchev–Trinajstić information content (AvgIpc) is 2.47. The Kier molecular flexibility index (Phi) is 6.16. The van der Waals surface area contributed by atoms with Crippen LogP contribution in [0.2, 0.25) is 5.02 Å². The van der Waals surface area contributed by atoms with E-state index in [0.29, 0.717) is 6.04 Å².